The van der Waals surface area contributed by atoms with E-state index < -0.39 is 17.4 Å². The summed E-state index contributed by atoms with van der Waals surface area (Å²) in [5.41, 5.74) is 0.783. The third-order valence-corrected chi connectivity index (χ3v) is 13.5. The molecule has 12 heteroatoms. The maximum absolute atomic E-state index is 12.2. The number of piperidine rings is 1. The predicted octanol–water partition coefficient (Wildman–Crippen LogP) is 4.79. The number of phenolic OH excluding ortho intramolecular Hbond substituents is 1. The number of carboxylic acid groups (broad SMARTS) is 1. The van der Waals surface area contributed by atoms with Crippen LogP contribution in [0.2, 0.25) is 0 Å². The smallest absolute Gasteiger partial charge is 0.504 e. The molecule has 3 N–H and O–H groups in total. The number of aliphatic hydroxyl groups is 1. The van der Waals surface area contributed by atoms with Crippen molar-refractivity contribution in [1.29, 1.82) is 0 Å². The van der Waals surface area contributed by atoms with Crippen molar-refractivity contribution in [2.24, 2.45) is 22.7 Å². The van der Waals surface area contributed by atoms with Crippen LogP contribution >= 0.6 is 0 Å². The normalized spacial score (nSPS) is 32.7. The Bertz CT molecular complexity index is 1380. The Labute approximate surface area is 303 Å². The molecule has 5 aliphatic carbocycles. The van der Waals surface area contributed by atoms with E-state index in [2.05, 4.69) is 36.5 Å². The number of hydrogen-bond acceptors (Lipinski definition) is 11. The van der Waals surface area contributed by atoms with E-state index >= 15 is 0 Å². The highest BCUT2D eigenvalue weighted by atomic mass is 16.7. The number of ether oxygens (including phenoxy) is 7. The van der Waals surface area contributed by atoms with Crippen LogP contribution < -0.4 is 4.74 Å². The summed E-state index contributed by atoms with van der Waals surface area (Å²) in [4.78, 5) is 12.8. The summed E-state index contributed by atoms with van der Waals surface area (Å²) in [6.45, 7) is 14.1. The first-order valence-corrected chi connectivity index (χ1v) is 18.9. The van der Waals surface area contributed by atoms with Crippen LogP contribution in [-0.4, -0.2) is 130 Å². The monoisotopic (exact) mass is 719 g/mol. The lowest BCUT2D eigenvalue weighted by Crippen LogP contribution is -2.83. The van der Waals surface area contributed by atoms with Crippen molar-refractivity contribution in [3.63, 3.8) is 0 Å². The number of aromatic hydroxyl groups is 1. The summed E-state index contributed by atoms with van der Waals surface area (Å²) in [5, 5.41) is 31.3. The second-order valence-electron chi connectivity index (χ2n) is 16.7. The third-order valence-electron chi connectivity index (χ3n) is 13.5. The molecule has 1 aromatic carbocycles. The first-order valence-electron chi connectivity index (χ1n) is 18.9. The summed E-state index contributed by atoms with van der Waals surface area (Å²) in [6.07, 6.45) is 6.34. The van der Waals surface area contributed by atoms with Crippen molar-refractivity contribution < 1.29 is 53.3 Å². The molecule has 5 fully saturated rings. The summed E-state index contributed by atoms with van der Waals surface area (Å²) in [6, 6.07) is 4.46. The maximum Gasteiger partial charge on any atom is 0.505 e. The molecular formula is C39H61NO11. The molecule has 0 radical (unpaired) electrons. The number of fused-ring (bicyclic) bond motifs is 2. The number of benzene rings is 1. The van der Waals surface area contributed by atoms with Gasteiger partial charge in [0.05, 0.1) is 51.8 Å². The van der Waals surface area contributed by atoms with Gasteiger partial charge in [-0.1, -0.05) is 26.8 Å². The van der Waals surface area contributed by atoms with Crippen LogP contribution in [0, 0.1) is 22.7 Å². The largest absolute Gasteiger partial charge is 0.505 e. The Balaban J connectivity index is 0.000000226. The number of carbonyl (C=O) groups is 1. The molecule has 288 valence electrons. The van der Waals surface area contributed by atoms with Gasteiger partial charge in [0.2, 0.25) is 0 Å². The molecule has 8 rings (SSSR count). The van der Waals surface area contributed by atoms with E-state index in [4.69, 9.17) is 33.5 Å². The molecule has 2 heterocycles. The number of phenols is 1. The van der Waals surface area contributed by atoms with Crippen LogP contribution in [0.4, 0.5) is 4.79 Å². The van der Waals surface area contributed by atoms with Gasteiger partial charge in [0, 0.05) is 49.1 Å². The second kappa shape index (κ2) is 14.9. The van der Waals surface area contributed by atoms with Crippen molar-refractivity contribution in [2.45, 2.75) is 101 Å². The van der Waals surface area contributed by atoms with E-state index in [0.29, 0.717) is 51.4 Å². The zero-order valence-corrected chi connectivity index (χ0v) is 31.5. The summed E-state index contributed by atoms with van der Waals surface area (Å²) < 4.78 is 37.9. The highest BCUT2D eigenvalue weighted by Gasteiger charge is 2.82. The van der Waals surface area contributed by atoms with E-state index in [1.807, 2.05) is 20.1 Å². The van der Waals surface area contributed by atoms with Crippen molar-refractivity contribution in [3.8, 4) is 11.5 Å². The fraction of sp³-hybridized carbons (Fsp3) is 0.821. The van der Waals surface area contributed by atoms with Gasteiger partial charge in [0.1, 0.15) is 18.3 Å². The third kappa shape index (κ3) is 6.65. The lowest BCUT2D eigenvalue weighted by molar-refractivity contribution is -0.312. The Hall–Kier alpha value is -2.19. The van der Waals surface area contributed by atoms with Gasteiger partial charge in [-0.25, -0.2) is 4.79 Å². The zero-order valence-electron chi connectivity index (χ0n) is 31.5. The fourth-order valence-electron chi connectivity index (χ4n) is 10.5. The average molecular weight is 720 g/mol. The highest BCUT2D eigenvalue weighted by molar-refractivity contribution is 5.63. The first-order chi connectivity index (χ1) is 24.3. The number of methoxy groups -OCH3 is 2. The average Bonchev–Trinajstić information content (AvgIpc) is 3.83. The van der Waals surface area contributed by atoms with Crippen LogP contribution in [0.3, 0.4) is 0 Å². The molecule has 1 saturated heterocycles. The number of rotatable bonds is 16. The van der Waals surface area contributed by atoms with E-state index in [9.17, 15) is 15.0 Å². The van der Waals surface area contributed by atoms with Gasteiger partial charge >= 0.3 is 6.16 Å². The Morgan fingerprint density at radius 2 is 1.59 bits per heavy atom. The van der Waals surface area contributed by atoms with Crippen LogP contribution in [0.5, 0.6) is 11.5 Å². The first kappa shape index (κ1) is 38.5. The van der Waals surface area contributed by atoms with Gasteiger partial charge in [-0.3, -0.25) is 4.90 Å². The molecule has 2 spiro atoms. The van der Waals surface area contributed by atoms with Crippen LogP contribution in [-0.2, 0) is 40.3 Å². The Kier molecular flexibility index (Phi) is 11.3. The highest BCUT2D eigenvalue weighted by Crippen LogP contribution is 2.78. The predicted molar refractivity (Wildman–Crippen MR) is 189 cm³/mol. The van der Waals surface area contributed by atoms with E-state index in [1.54, 1.807) is 7.11 Å². The zero-order chi connectivity index (χ0) is 36.7. The van der Waals surface area contributed by atoms with Gasteiger partial charge in [-0.05, 0) is 81.4 Å². The lowest BCUT2D eigenvalue weighted by atomic mass is 9.33. The van der Waals surface area contributed by atoms with Crippen molar-refractivity contribution in [1.82, 2.24) is 4.90 Å². The van der Waals surface area contributed by atoms with E-state index in [0.717, 1.165) is 44.6 Å². The summed E-state index contributed by atoms with van der Waals surface area (Å²) >= 11 is 0. The minimum atomic E-state index is -1.29. The Morgan fingerprint density at radius 3 is 2.18 bits per heavy atom. The van der Waals surface area contributed by atoms with Gasteiger partial charge in [-0.15, -0.1) is 0 Å². The minimum Gasteiger partial charge on any atom is -0.504 e. The van der Waals surface area contributed by atoms with Crippen LogP contribution in [0.1, 0.15) is 77.3 Å². The molecule has 0 amide bonds. The van der Waals surface area contributed by atoms with Gasteiger partial charge in [0.15, 0.2) is 11.5 Å². The van der Waals surface area contributed by atoms with Crippen molar-refractivity contribution in [3.05, 3.63) is 23.3 Å². The van der Waals surface area contributed by atoms with E-state index in [-0.39, 0.29) is 47.2 Å². The van der Waals surface area contributed by atoms with Crippen LogP contribution in [0.15, 0.2) is 12.1 Å². The van der Waals surface area contributed by atoms with Gasteiger partial charge in [-0.2, -0.15) is 0 Å². The standard InChI is InChI=1S/C29H41NO4.C10H20O7/c1-25(2,3)26(4,32)20-15-27-10-11-29(20,33-5)24-28(27)12-13-30(16-17-6-7-17)21(27)14-18-8-9-19(31)23(34-24)22(18)28;1-13-2-3-14-4-5-15-6-7-16-8-9-17-10(11)12/h8-9,17,20-21,24,31-32H,6-7,10-16H2,1-5H3;2-9H2,1H3,(H,11,12)/t20-,21-,24-,26+,27-,28+,29+;/m1./s1. The summed E-state index contributed by atoms with van der Waals surface area (Å²) in [7, 11) is 3.45. The van der Waals surface area contributed by atoms with Crippen LogP contribution in [0.25, 0.3) is 0 Å². The van der Waals surface area contributed by atoms with Gasteiger partial charge in [0.25, 0.3) is 0 Å². The molecule has 7 atom stereocenters. The lowest BCUT2D eigenvalue weighted by Gasteiger charge is -2.75. The van der Waals surface area contributed by atoms with Crippen molar-refractivity contribution >= 4 is 6.16 Å². The second-order valence-corrected chi connectivity index (χ2v) is 16.7. The molecular weight excluding hydrogens is 658 g/mol. The molecule has 4 bridgehead atoms. The number of likely N-dealkylation sites (tertiary alicyclic amines) is 1. The molecule has 4 saturated carbocycles. The topological polar surface area (TPSA) is 146 Å². The molecule has 51 heavy (non-hydrogen) atoms. The molecule has 0 aromatic heterocycles. The SMILES string of the molecule is COCCOCCOCCOCCOC(=O)O.CO[C@@]12CC[C@@]3(C[C@@H]1[C@](C)(O)C(C)(C)C)[C@H]1Cc4ccc(O)c5c4[C@@]3(CCN1CC1CC1)[C@H]2O5. The molecule has 0 unspecified atom stereocenters. The number of nitrogens with zero attached hydrogens (tertiary/aromatic N) is 1. The molecule has 2 aliphatic heterocycles. The van der Waals surface area contributed by atoms with E-state index in [1.165, 1.54) is 30.5 Å². The summed E-state index contributed by atoms with van der Waals surface area (Å²) in [5.74, 6) is 1.80. The van der Waals surface area contributed by atoms with Crippen molar-refractivity contribution in [2.75, 3.05) is 80.2 Å². The minimum absolute atomic E-state index is 0.0294. The molecule has 12 nitrogen and oxygen atoms in total. The Morgan fingerprint density at radius 1 is 0.941 bits per heavy atom. The number of hydrogen-bond donors (Lipinski definition) is 3. The quantitative estimate of drug-likeness (QED) is 0.160. The fourth-order valence-corrected chi connectivity index (χ4v) is 10.5. The molecule has 1 aromatic rings. The van der Waals surface area contributed by atoms with Gasteiger partial charge < -0.3 is 48.5 Å². The molecule has 7 aliphatic rings. The maximum atomic E-state index is 12.2.